The van der Waals surface area contributed by atoms with Crippen LogP contribution < -0.4 is 15.0 Å². The molecule has 2 bridgehead atoms. The fourth-order valence-corrected chi connectivity index (χ4v) is 6.77. The molecule has 2 aromatic heterocycles. The monoisotopic (exact) mass is 535 g/mol. The van der Waals surface area contributed by atoms with E-state index < -0.39 is 5.82 Å². The lowest BCUT2D eigenvalue weighted by atomic mass is 9.95. The highest BCUT2D eigenvalue weighted by Gasteiger charge is 2.34. The van der Waals surface area contributed by atoms with Crippen LogP contribution in [-0.4, -0.2) is 76.5 Å². The van der Waals surface area contributed by atoms with Crippen molar-refractivity contribution in [3.63, 3.8) is 0 Å². The number of anilines is 1. The fourth-order valence-electron chi connectivity index (χ4n) is 6.48. The molecule has 2 aromatic carbocycles. The molecule has 3 atom stereocenters. The Labute approximate surface area is 225 Å². The lowest BCUT2D eigenvalue weighted by Gasteiger charge is -2.34. The molecule has 10 heteroatoms. The molecule has 198 valence electrons. The van der Waals surface area contributed by atoms with Gasteiger partial charge in [0.1, 0.15) is 17.9 Å². The number of aromatic nitrogens is 4. The second-order valence-electron chi connectivity index (χ2n) is 11.0. The fraction of sp³-hybridized carbons (Fsp3) is 0.464. The van der Waals surface area contributed by atoms with Gasteiger partial charge in [0.25, 0.3) is 0 Å². The number of halogens is 2. The van der Waals surface area contributed by atoms with Crippen molar-refractivity contribution >= 4 is 39.2 Å². The van der Waals surface area contributed by atoms with E-state index in [1.165, 1.54) is 0 Å². The number of H-pyrrole nitrogens is 1. The quantitative estimate of drug-likeness (QED) is 0.384. The van der Waals surface area contributed by atoms with Crippen LogP contribution in [0.1, 0.15) is 31.2 Å². The van der Waals surface area contributed by atoms with Crippen LogP contribution in [0.2, 0.25) is 5.02 Å². The van der Waals surface area contributed by atoms with E-state index in [0.717, 1.165) is 67.3 Å². The van der Waals surface area contributed by atoms with Gasteiger partial charge >= 0.3 is 6.01 Å². The van der Waals surface area contributed by atoms with Crippen LogP contribution in [0.15, 0.2) is 24.4 Å². The summed E-state index contributed by atoms with van der Waals surface area (Å²) in [5.41, 5.74) is 3.01. The van der Waals surface area contributed by atoms with E-state index in [1.54, 1.807) is 6.20 Å². The van der Waals surface area contributed by atoms with Crippen LogP contribution >= 0.6 is 11.6 Å². The van der Waals surface area contributed by atoms with Crippen molar-refractivity contribution < 1.29 is 9.13 Å². The number of fused-ring (bicyclic) bond motifs is 4. The van der Waals surface area contributed by atoms with Gasteiger partial charge < -0.3 is 19.9 Å². The minimum atomic E-state index is -0.464. The number of nitrogens with one attached hydrogen (secondary N) is 2. The number of nitrogens with zero attached hydrogens (tertiary/aromatic N) is 5. The Morgan fingerprint density at radius 2 is 1.92 bits per heavy atom. The minimum absolute atomic E-state index is 0.212. The van der Waals surface area contributed by atoms with Crippen LogP contribution in [-0.2, 0) is 0 Å². The third-order valence-corrected chi connectivity index (χ3v) is 8.82. The molecule has 0 amide bonds. The van der Waals surface area contributed by atoms with Crippen LogP contribution in [0, 0.1) is 12.7 Å². The van der Waals surface area contributed by atoms with Crippen molar-refractivity contribution in [3.05, 3.63) is 40.8 Å². The molecule has 3 fully saturated rings. The number of likely N-dealkylation sites (N-methyl/N-ethyl adjacent to an activating group) is 1. The maximum Gasteiger partial charge on any atom is 0.319 e. The molecule has 3 saturated heterocycles. The average Bonchev–Trinajstić information content (AvgIpc) is 3.63. The lowest BCUT2D eigenvalue weighted by Crippen LogP contribution is -2.51. The van der Waals surface area contributed by atoms with Crippen molar-refractivity contribution in [3.8, 4) is 17.1 Å². The Morgan fingerprint density at radius 3 is 2.68 bits per heavy atom. The summed E-state index contributed by atoms with van der Waals surface area (Å²) in [5.74, 6) is 0.225. The van der Waals surface area contributed by atoms with Gasteiger partial charge in [0.15, 0.2) is 5.82 Å². The zero-order valence-electron chi connectivity index (χ0n) is 21.6. The van der Waals surface area contributed by atoms with Gasteiger partial charge in [-0.1, -0.05) is 17.7 Å². The van der Waals surface area contributed by atoms with Crippen LogP contribution in [0.4, 0.5) is 10.2 Å². The first-order valence-corrected chi connectivity index (χ1v) is 13.8. The highest BCUT2D eigenvalue weighted by molar-refractivity contribution is 6.35. The van der Waals surface area contributed by atoms with Gasteiger partial charge in [-0.05, 0) is 63.9 Å². The number of aromatic amines is 1. The Hall–Kier alpha value is -3.01. The van der Waals surface area contributed by atoms with Crippen molar-refractivity contribution in [2.45, 2.75) is 50.7 Å². The molecule has 8 nitrogen and oxygen atoms in total. The van der Waals surface area contributed by atoms with Gasteiger partial charge in [0.2, 0.25) is 0 Å². The molecule has 0 saturated carbocycles. The molecule has 4 aromatic rings. The number of aryl methyl sites for hydroxylation is 1. The van der Waals surface area contributed by atoms with Crippen LogP contribution in [0.3, 0.4) is 0 Å². The lowest BCUT2D eigenvalue weighted by molar-refractivity contribution is 0.188. The topological polar surface area (TPSA) is 82.2 Å². The van der Waals surface area contributed by atoms with Gasteiger partial charge in [-0.25, -0.2) is 4.39 Å². The molecule has 3 aliphatic heterocycles. The van der Waals surface area contributed by atoms with E-state index in [1.807, 2.05) is 25.1 Å². The predicted octanol–water partition coefficient (Wildman–Crippen LogP) is 4.69. The number of likely N-dealkylation sites (tertiary alicyclic amines) is 1. The smallest absolute Gasteiger partial charge is 0.319 e. The normalized spacial score (nSPS) is 23.7. The first kappa shape index (κ1) is 24.1. The van der Waals surface area contributed by atoms with E-state index in [-0.39, 0.29) is 11.5 Å². The first-order chi connectivity index (χ1) is 18.5. The number of benzene rings is 2. The van der Waals surface area contributed by atoms with E-state index >= 15 is 4.39 Å². The standard InChI is InChI=1S/C28H31ClFN7O/c1-15-5-8-22-20(11-31-35-22)23(15)24-21(29)10-19-26(25(24)30)33-28(38-14-18-4-3-9-36(18)2)34-27(19)37-12-16-6-7-17(13-37)32-16/h5,8,10-11,16-18,32H,3-4,6-7,9,12-14H2,1-2H3,(H,31,35)/t16-,17?,18+/m1/s1. The number of rotatable bonds is 5. The average molecular weight is 536 g/mol. The molecule has 2 N–H and O–H groups in total. The largest absolute Gasteiger partial charge is 0.462 e. The summed E-state index contributed by atoms with van der Waals surface area (Å²) in [7, 11) is 2.11. The highest BCUT2D eigenvalue weighted by Crippen LogP contribution is 2.42. The summed E-state index contributed by atoms with van der Waals surface area (Å²) < 4.78 is 22.8. The molecule has 7 rings (SSSR count). The Morgan fingerprint density at radius 1 is 1.11 bits per heavy atom. The summed E-state index contributed by atoms with van der Waals surface area (Å²) in [6.07, 6.45) is 6.20. The summed E-state index contributed by atoms with van der Waals surface area (Å²) in [5, 5.41) is 12.6. The number of hydrogen-bond acceptors (Lipinski definition) is 7. The summed E-state index contributed by atoms with van der Waals surface area (Å²) in [6, 6.07) is 7.03. The first-order valence-electron chi connectivity index (χ1n) is 13.4. The van der Waals surface area contributed by atoms with E-state index in [9.17, 15) is 0 Å². The van der Waals surface area contributed by atoms with Gasteiger partial charge in [0.05, 0.1) is 16.7 Å². The zero-order chi connectivity index (χ0) is 26.0. The SMILES string of the molecule is Cc1ccc2[nH]ncc2c1-c1c(Cl)cc2c(N3CC4CC[C@H](C3)N4)nc(OC[C@@H]3CCCN3C)nc2c1F. The minimum Gasteiger partial charge on any atom is -0.462 e. The van der Waals surface area contributed by atoms with Crippen molar-refractivity contribution in [2.75, 3.05) is 38.2 Å². The highest BCUT2D eigenvalue weighted by atomic mass is 35.5. The second-order valence-corrected chi connectivity index (χ2v) is 11.4. The van der Waals surface area contributed by atoms with Crippen LogP contribution in [0.5, 0.6) is 6.01 Å². The summed E-state index contributed by atoms with van der Waals surface area (Å²) in [4.78, 5) is 14.0. The molecule has 0 spiro atoms. The van der Waals surface area contributed by atoms with Crippen molar-refractivity contribution in [2.24, 2.45) is 0 Å². The zero-order valence-corrected chi connectivity index (χ0v) is 22.4. The molecule has 5 heterocycles. The maximum absolute atomic E-state index is 16.6. The number of ether oxygens (including phenoxy) is 1. The molecule has 3 aliphatic rings. The maximum atomic E-state index is 16.6. The molecule has 1 unspecified atom stereocenters. The van der Waals surface area contributed by atoms with Crippen molar-refractivity contribution in [1.82, 2.24) is 30.4 Å². The van der Waals surface area contributed by atoms with Gasteiger partial charge in [-0.15, -0.1) is 0 Å². The van der Waals surface area contributed by atoms with E-state index in [2.05, 4.69) is 37.3 Å². The van der Waals surface area contributed by atoms with Gasteiger partial charge in [-0.2, -0.15) is 15.1 Å². The second kappa shape index (κ2) is 9.32. The Balaban J connectivity index is 1.39. The third kappa shape index (κ3) is 3.99. The summed E-state index contributed by atoms with van der Waals surface area (Å²) >= 11 is 6.87. The molecular formula is C28H31ClFN7O. The summed E-state index contributed by atoms with van der Waals surface area (Å²) in [6.45, 7) is 5.10. The molecular weight excluding hydrogens is 505 g/mol. The van der Waals surface area contributed by atoms with E-state index in [0.29, 0.717) is 46.5 Å². The van der Waals surface area contributed by atoms with Crippen LogP contribution in [0.25, 0.3) is 32.9 Å². The Kier molecular flexibility index (Phi) is 5.90. The molecule has 0 radical (unpaired) electrons. The molecule has 38 heavy (non-hydrogen) atoms. The Bertz CT molecular complexity index is 1530. The predicted molar refractivity (Wildman–Crippen MR) is 148 cm³/mol. The van der Waals surface area contributed by atoms with Crippen molar-refractivity contribution in [1.29, 1.82) is 0 Å². The molecule has 0 aliphatic carbocycles. The third-order valence-electron chi connectivity index (χ3n) is 8.52. The number of piperazine rings is 1. The van der Waals surface area contributed by atoms with Gasteiger partial charge in [-0.3, -0.25) is 5.10 Å². The number of hydrogen-bond donors (Lipinski definition) is 2. The van der Waals surface area contributed by atoms with E-state index in [4.69, 9.17) is 21.3 Å². The van der Waals surface area contributed by atoms with Gasteiger partial charge in [0, 0.05) is 53.1 Å².